The van der Waals surface area contributed by atoms with Gasteiger partial charge in [-0.2, -0.15) is 0 Å². The van der Waals surface area contributed by atoms with Gasteiger partial charge in [0.2, 0.25) is 47.8 Å². The third-order valence-electron chi connectivity index (χ3n) is 11.7. The third-order valence-corrected chi connectivity index (χ3v) is 11.7. The van der Waals surface area contributed by atoms with E-state index in [1.54, 1.807) is 60.6 Å². The Hall–Kier alpha value is -5.79. The first-order valence-corrected chi connectivity index (χ1v) is 22.8. The molecular formula is C46H74N8O12. The van der Waals surface area contributed by atoms with Crippen molar-refractivity contribution in [3.05, 3.63) is 29.8 Å². The van der Waals surface area contributed by atoms with Gasteiger partial charge in [0.1, 0.15) is 54.3 Å². The van der Waals surface area contributed by atoms with Crippen LogP contribution in [0.4, 0.5) is 0 Å². The fraction of sp³-hybridized carbons (Fsp3) is 0.674. The second kappa shape index (κ2) is 26.4. The number of aliphatic hydroxyl groups excluding tert-OH is 1. The van der Waals surface area contributed by atoms with E-state index >= 15 is 0 Å². The van der Waals surface area contributed by atoms with Gasteiger partial charge in [-0.05, 0) is 75.0 Å². The van der Waals surface area contributed by atoms with E-state index in [2.05, 4.69) is 26.6 Å². The van der Waals surface area contributed by atoms with Crippen LogP contribution in [0.5, 0.6) is 5.75 Å². The van der Waals surface area contributed by atoms with Gasteiger partial charge in [-0.1, -0.05) is 73.9 Å². The number of amides is 8. The molecule has 370 valence electrons. The van der Waals surface area contributed by atoms with Crippen molar-refractivity contribution in [3.8, 4) is 5.75 Å². The van der Waals surface area contributed by atoms with Gasteiger partial charge in [0.15, 0.2) is 0 Å². The SMILES string of the molecule is CCC(C)[C@@H]1NC(=O)[C@H](Cc2ccc(O)cc2)N(C)C(=O)[C@H](C(C)C)N(C=O)[C@@H](O)CCC(C)NC(=O)[C@H](CC(C)C)NC(=O)[C@H](NC(=O)[C@H](CCC(N)=O)NC(=O)C(C)C)[C@@H](C)OC1=O. The van der Waals surface area contributed by atoms with Crippen molar-refractivity contribution in [1.29, 1.82) is 0 Å². The van der Waals surface area contributed by atoms with Crippen molar-refractivity contribution in [2.24, 2.45) is 29.4 Å². The number of aromatic hydroxyl groups is 1. The first kappa shape index (κ1) is 56.3. The smallest absolute Gasteiger partial charge is 0.329 e. The second-order valence-electron chi connectivity index (χ2n) is 18.5. The molecule has 0 aromatic heterocycles. The summed E-state index contributed by atoms with van der Waals surface area (Å²) in [5.74, 6) is -8.22. The van der Waals surface area contributed by atoms with Crippen LogP contribution in [0.25, 0.3) is 0 Å². The molecule has 1 fully saturated rings. The number of nitrogens with two attached hydrogens (primary N) is 1. The fourth-order valence-corrected chi connectivity index (χ4v) is 7.42. The summed E-state index contributed by atoms with van der Waals surface area (Å²) < 4.78 is 5.90. The zero-order valence-corrected chi connectivity index (χ0v) is 40.3. The first-order valence-electron chi connectivity index (χ1n) is 22.8. The molecule has 0 aliphatic carbocycles. The number of hydrogen-bond donors (Lipinski definition) is 8. The van der Waals surface area contributed by atoms with Crippen molar-refractivity contribution in [1.82, 2.24) is 36.4 Å². The minimum Gasteiger partial charge on any atom is -0.508 e. The van der Waals surface area contributed by atoms with Crippen LogP contribution < -0.4 is 32.3 Å². The average Bonchev–Trinajstić information content (AvgIpc) is 3.24. The Morgan fingerprint density at radius 2 is 1.53 bits per heavy atom. The van der Waals surface area contributed by atoms with Gasteiger partial charge in [-0.15, -0.1) is 0 Å². The summed E-state index contributed by atoms with van der Waals surface area (Å²) in [5.41, 5.74) is 5.90. The number of phenolic OH excluding ortho intramolecular Hbond substituents is 1. The second-order valence-corrected chi connectivity index (χ2v) is 18.5. The zero-order chi connectivity index (χ0) is 50.2. The number of cyclic esters (lactones) is 1. The molecule has 10 atom stereocenters. The lowest BCUT2D eigenvalue weighted by Gasteiger charge is -2.38. The van der Waals surface area contributed by atoms with E-state index in [0.29, 0.717) is 18.4 Å². The highest BCUT2D eigenvalue weighted by Crippen LogP contribution is 2.22. The maximum absolute atomic E-state index is 14.6. The molecule has 0 bridgehead atoms. The number of nitrogens with one attached hydrogen (secondary N) is 5. The molecule has 8 amide bonds. The highest BCUT2D eigenvalue weighted by molar-refractivity contribution is 5.96. The predicted octanol–water partition coefficient (Wildman–Crippen LogP) is 0.746. The van der Waals surface area contributed by atoms with Crippen LogP contribution in [0.15, 0.2) is 24.3 Å². The molecule has 2 unspecified atom stereocenters. The van der Waals surface area contributed by atoms with Crippen LogP contribution in [0.3, 0.4) is 0 Å². The quantitative estimate of drug-likeness (QED) is 0.0893. The topological polar surface area (TPSA) is 296 Å². The minimum absolute atomic E-state index is 0.0438. The molecule has 2 rings (SSSR count). The summed E-state index contributed by atoms with van der Waals surface area (Å²) >= 11 is 0. The molecule has 1 aromatic rings. The Bertz CT molecular complexity index is 1840. The van der Waals surface area contributed by atoms with Crippen molar-refractivity contribution < 1.29 is 58.1 Å². The Morgan fingerprint density at radius 1 is 0.909 bits per heavy atom. The normalized spacial score (nSPS) is 25.5. The molecule has 1 aliphatic heterocycles. The maximum Gasteiger partial charge on any atom is 0.329 e. The first-order chi connectivity index (χ1) is 30.8. The highest BCUT2D eigenvalue weighted by atomic mass is 16.5. The van der Waals surface area contributed by atoms with E-state index in [9.17, 15) is 53.4 Å². The predicted molar refractivity (Wildman–Crippen MR) is 243 cm³/mol. The number of nitrogens with zero attached hydrogens (tertiary/aromatic N) is 2. The van der Waals surface area contributed by atoms with E-state index in [4.69, 9.17) is 10.5 Å². The van der Waals surface area contributed by atoms with Crippen LogP contribution >= 0.6 is 0 Å². The van der Waals surface area contributed by atoms with Gasteiger partial charge in [-0.3, -0.25) is 38.4 Å². The maximum atomic E-state index is 14.6. The summed E-state index contributed by atoms with van der Waals surface area (Å²) in [6.45, 7) is 16.6. The number of rotatable bonds is 15. The van der Waals surface area contributed by atoms with E-state index in [1.165, 1.54) is 26.1 Å². The third kappa shape index (κ3) is 16.9. The average molecular weight is 931 g/mol. The zero-order valence-electron chi connectivity index (χ0n) is 40.3. The van der Waals surface area contributed by atoms with E-state index in [-0.39, 0.29) is 50.2 Å². The van der Waals surface area contributed by atoms with Crippen LogP contribution in [0.1, 0.15) is 113 Å². The lowest BCUT2D eigenvalue weighted by molar-refractivity contribution is -0.159. The number of carbonyl (C=O) groups excluding carboxylic acids is 9. The number of phenols is 1. The number of ether oxygens (including phenoxy) is 1. The van der Waals surface area contributed by atoms with Crippen LogP contribution in [0, 0.1) is 23.7 Å². The lowest BCUT2D eigenvalue weighted by atomic mass is 9.96. The molecule has 66 heavy (non-hydrogen) atoms. The molecule has 1 aliphatic rings. The van der Waals surface area contributed by atoms with Crippen molar-refractivity contribution in [2.75, 3.05) is 7.05 Å². The summed E-state index contributed by atoms with van der Waals surface area (Å²) in [7, 11) is 1.36. The Kier molecular flexibility index (Phi) is 22.5. The van der Waals surface area contributed by atoms with Gasteiger partial charge >= 0.3 is 5.97 Å². The Balaban J connectivity index is 2.83. The number of hydrogen-bond acceptors (Lipinski definition) is 12. The molecule has 9 N–H and O–H groups in total. The van der Waals surface area contributed by atoms with Crippen molar-refractivity contribution in [2.45, 2.75) is 169 Å². The van der Waals surface area contributed by atoms with Crippen LogP contribution in [0.2, 0.25) is 0 Å². The summed E-state index contributed by atoms with van der Waals surface area (Å²) in [6, 6.07) is -2.97. The monoisotopic (exact) mass is 931 g/mol. The molecule has 1 aromatic carbocycles. The van der Waals surface area contributed by atoms with Gasteiger partial charge in [0.25, 0.3) is 0 Å². The molecule has 1 saturated heterocycles. The van der Waals surface area contributed by atoms with E-state index < -0.39 is 120 Å². The van der Waals surface area contributed by atoms with Crippen molar-refractivity contribution in [3.63, 3.8) is 0 Å². The Morgan fingerprint density at radius 3 is 2.06 bits per heavy atom. The number of carbonyl (C=O) groups is 9. The van der Waals surface area contributed by atoms with Gasteiger partial charge in [-0.25, -0.2) is 4.79 Å². The molecule has 0 spiro atoms. The van der Waals surface area contributed by atoms with E-state index in [1.807, 2.05) is 13.8 Å². The number of likely N-dealkylation sites (N-methyl/N-ethyl adjacent to an activating group) is 1. The standard InChI is InChI=1S/C46H74N8O12/c1-12-27(8)37-46(65)66-29(10)38(52-41(60)32(18-19-35(47)57)49-40(59)26(6)7)44(63)50-33(21-24(2)3)42(61)48-28(9)13-20-36(58)54(23-55)39(25(4)5)45(64)53(11)34(43(62)51-37)22-30-14-16-31(56)17-15-30/h14-17,23-29,32-34,36-39,56,58H,12-13,18-22H2,1-11H3,(H2,47,57)(H,48,61)(H,49,59)(H,50,63)(H,51,62)(H,52,60)/t27?,28?,29-,32+,33+,34+,36+,37+,38-,39+/m1/s1. The van der Waals surface area contributed by atoms with Gasteiger partial charge in [0.05, 0.1) is 0 Å². The number of primary amides is 1. The molecular weight excluding hydrogens is 857 g/mol. The largest absolute Gasteiger partial charge is 0.508 e. The van der Waals surface area contributed by atoms with Crippen molar-refractivity contribution >= 4 is 53.7 Å². The number of benzene rings is 1. The minimum atomic E-state index is -1.71. The number of esters is 1. The lowest BCUT2D eigenvalue weighted by Crippen LogP contribution is -2.61. The van der Waals surface area contributed by atoms with Gasteiger partial charge in [0, 0.05) is 31.8 Å². The Labute approximate surface area is 388 Å². The molecule has 20 nitrogen and oxygen atoms in total. The summed E-state index contributed by atoms with van der Waals surface area (Å²) in [4.78, 5) is 125. The van der Waals surface area contributed by atoms with Crippen LogP contribution in [-0.4, -0.2) is 135 Å². The molecule has 0 saturated carbocycles. The van der Waals surface area contributed by atoms with E-state index in [0.717, 1.165) is 9.80 Å². The highest BCUT2D eigenvalue weighted by Gasteiger charge is 2.41. The summed E-state index contributed by atoms with van der Waals surface area (Å²) in [6.07, 6.45) is -2.84. The van der Waals surface area contributed by atoms with Crippen LogP contribution in [-0.2, 0) is 54.3 Å². The molecule has 20 heteroatoms. The summed E-state index contributed by atoms with van der Waals surface area (Å²) in [5, 5.41) is 34.8. The fourth-order valence-electron chi connectivity index (χ4n) is 7.42. The number of aliphatic hydroxyl groups is 1. The molecule has 0 radical (unpaired) electrons. The van der Waals surface area contributed by atoms with Gasteiger partial charge < -0.3 is 57.1 Å². The molecule has 1 heterocycles.